The van der Waals surface area contributed by atoms with Crippen LogP contribution in [0.25, 0.3) is 10.8 Å². The summed E-state index contributed by atoms with van der Waals surface area (Å²) < 4.78 is 32.2. The van der Waals surface area contributed by atoms with E-state index in [-0.39, 0.29) is 17.5 Å². The van der Waals surface area contributed by atoms with Crippen LogP contribution in [0.15, 0.2) is 64.1 Å². The van der Waals surface area contributed by atoms with Gasteiger partial charge >= 0.3 is 0 Å². The molecule has 3 aromatic rings. The van der Waals surface area contributed by atoms with E-state index in [1.807, 2.05) is 30.3 Å². The third-order valence-electron chi connectivity index (χ3n) is 3.09. The second-order valence-electron chi connectivity index (χ2n) is 4.51. The maximum absolute atomic E-state index is 12.3. The fraction of sp³-hybridized carbons (Fsp3) is 0.0667. The first kappa shape index (κ1) is 13.7. The molecule has 0 bridgehead atoms. The maximum atomic E-state index is 12.3. The number of rotatable bonds is 4. The summed E-state index contributed by atoms with van der Waals surface area (Å²) in [5.74, 6) is 0.202. The van der Waals surface area contributed by atoms with Gasteiger partial charge in [0, 0.05) is 5.39 Å². The molecule has 0 aliphatic carbocycles. The molecule has 0 atom stereocenters. The van der Waals surface area contributed by atoms with E-state index in [2.05, 4.69) is 4.72 Å². The first-order valence-electron chi connectivity index (χ1n) is 6.30. The van der Waals surface area contributed by atoms with Crippen LogP contribution in [0.2, 0.25) is 0 Å². The van der Waals surface area contributed by atoms with Crippen molar-refractivity contribution in [1.29, 1.82) is 0 Å². The number of furan rings is 1. The molecule has 0 aliphatic heterocycles. The Kier molecular flexibility index (Phi) is 3.40. The monoisotopic (exact) mass is 303 g/mol. The minimum Gasteiger partial charge on any atom is -0.445 e. The molecule has 0 radical (unpaired) electrons. The van der Waals surface area contributed by atoms with Crippen molar-refractivity contribution in [2.75, 3.05) is 4.72 Å². The van der Waals surface area contributed by atoms with Crippen molar-refractivity contribution >= 4 is 26.5 Å². The maximum Gasteiger partial charge on any atom is 0.295 e. The van der Waals surface area contributed by atoms with E-state index in [0.717, 1.165) is 10.8 Å². The lowest BCUT2D eigenvalue weighted by Crippen LogP contribution is -2.12. The molecule has 3 rings (SSSR count). The fourth-order valence-electron chi connectivity index (χ4n) is 2.10. The van der Waals surface area contributed by atoms with Gasteiger partial charge < -0.3 is 9.52 Å². The molecule has 0 unspecified atom stereocenters. The molecule has 0 fully saturated rings. The topological polar surface area (TPSA) is 79.5 Å². The lowest BCUT2D eigenvalue weighted by molar-refractivity contribution is 0.236. The van der Waals surface area contributed by atoms with Crippen LogP contribution in [0, 0.1) is 0 Å². The molecule has 0 amide bonds. The van der Waals surface area contributed by atoms with Crippen LogP contribution in [0.5, 0.6) is 0 Å². The van der Waals surface area contributed by atoms with Crippen LogP contribution in [0.4, 0.5) is 5.69 Å². The minimum atomic E-state index is -3.82. The normalized spacial score (nSPS) is 11.7. The van der Waals surface area contributed by atoms with Crippen LogP contribution in [-0.2, 0) is 16.6 Å². The van der Waals surface area contributed by atoms with E-state index in [9.17, 15) is 8.42 Å². The van der Waals surface area contributed by atoms with Crippen molar-refractivity contribution in [3.8, 4) is 0 Å². The summed E-state index contributed by atoms with van der Waals surface area (Å²) in [6.07, 6.45) is 0. The Morgan fingerprint density at radius 1 is 1.00 bits per heavy atom. The van der Waals surface area contributed by atoms with Crippen molar-refractivity contribution in [3.63, 3.8) is 0 Å². The number of benzene rings is 2. The highest BCUT2D eigenvalue weighted by molar-refractivity contribution is 7.92. The zero-order chi connectivity index (χ0) is 14.9. The fourth-order valence-corrected chi connectivity index (χ4v) is 3.13. The van der Waals surface area contributed by atoms with Gasteiger partial charge in [-0.25, -0.2) is 0 Å². The molecule has 108 valence electrons. The number of nitrogens with one attached hydrogen (secondary N) is 1. The van der Waals surface area contributed by atoms with E-state index in [1.54, 1.807) is 12.1 Å². The van der Waals surface area contributed by atoms with Crippen LogP contribution in [0.1, 0.15) is 5.76 Å². The van der Waals surface area contributed by atoms with E-state index in [4.69, 9.17) is 9.52 Å². The summed E-state index contributed by atoms with van der Waals surface area (Å²) in [7, 11) is -3.82. The molecule has 0 saturated heterocycles. The van der Waals surface area contributed by atoms with Crippen LogP contribution in [-0.4, -0.2) is 13.5 Å². The Morgan fingerprint density at radius 2 is 1.76 bits per heavy atom. The Bertz CT molecular complexity index is 878. The van der Waals surface area contributed by atoms with Gasteiger partial charge in [-0.1, -0.05) is 36.4 Å². The Hall–Kier alpha value is -2.31. The average Bonchev–Trinajstić information content (AvgIpc) is 2.97. The molecule has 21 heavy (non-hydrogen) atoms. The van der Waals surface area contributed by atoms with Gasteiger partial charge in [0.2, 0.25) is 5.09 Å². The largest absolute Gasteiger partial charge is 0.445 e. The second kappa shape index (κ2) is 5.23. The minimum absolute atomic E-state index is 0.202. The van der Waals surface area contributed by atoms with E-state index in [1.165, 1.54) is 12.1 Å². The van der Waals surface area contributed by atoms with Crippen molar-refractivity contribution in [1.82, 2.24) is 0 Å². The van der Waals surface area contributed by atoms with Gasteiger partial charge in [0.15, 0.2) is 0 Å². The first-order chi connectivity index (χ1) is 10.1. The van der Waals surface area contributed by atoms with E-state index < -0.39 is 10.0 Å². The summed E-state index contributed by atoms with van der Waals surface area (Å²) in [4.78, 5) is 0. The highest BCUT2D eigenvalue weighted by Gasteiger charge is 2.19. The van der Waals surface area contributed by atoms with Gasteiger partial charge in [0.1, 0.15) is 12.4 Å². The number of hydrogen-bond acceptors (Lipinski definition) is 4. The van der Waals surface area contributed by atoms with Crippen molar-refractivity contribution < 1.29 is 17.9 Å². The number of sulfonamides is 1. The predicted octanol–water partition coefficient (Wildman–Crippen LogP) is 2.73. The molecule has 0 aliphatic rings. The molecule has 5 nitrogen and oxygen atoms in total. The van der Waals surface area contributed by atoms with Crippen LogP contribution in [0.3, 0.4) is 0 Å². The van der Waals surface area contributed by atoms with Gasteiger partial charge in [-0.2, -0.15) is 8.42 Å². The van der Waals surface area contributed by atoms with Crippen molar-refractivity contribution in [2.24, 2.45) is 0 Å². The molecule has 0 spiro atoms. The van der Waals surface area contributed by atoms with E-state index in [0.29, 0.717) is 5.69 Å². The van der Waals surface area contributed by atoms with Gasteiger partial charge in [-0.3, -0.25) is 4.72 Å². The summed E-state index contributed by atoms with van der Waals surface area (Å²) in [5.41, 5.74) is 0.482. The molecular weight excluding hydrogens is 290 g/mol. The summed E-state index contributed by atoms with van der Waals surface area (Å²) in [6, 6.07) is 15.6. The van der Waals surface area contributed by atoms with Crippen molar-refractivity contribution in [3.05, 3.63) is 60.4 Å². The number of aliphatic hydroxyl groups excluding tert-OH is 1. The molecule has 1 heterocycles. The summed E-state index contributed by atoms with van der Waals surface area (Å²) >= 11 is 0. The summed E-state index contributed by atoms with van der Waals surface area (Å²) in [6.45, 7) is -0.343. The Labute approximate surface area is 121 Å². The molecule has 6 heteroatoms. The third-order valence-corrected chi connectivity index (χ3v) is 4.33. The van der Waals surface area contributed by atoms with Gasteiger partial charge in [0.05, 0.1) is 5.69 Å². The molecule has 1 aromatic heterocycles. The van der Waals surface area contributed by atoms with E-state index >= 15 is 0 Å². The zero-order valence-corrected chi connectivity index (χ0v) is 11.8. The van der Waals surface area contributed by atoms with Gasteiger partial charge in [-0.05, 0) is 23.6 Å². The highest BCUT2D eigenvalue weighted by atomic mass is 32.2. The second-order valence-corrected chi connectivity index (χ2v) is 6.12. The average molecular weight is 303 g/mol. The molecular formula is C15H13NO4S. The number of aliphatic hydroxyl groups is 1. The highest BCUT2D eigenvalue weighted by Crippen LogP contribution is 2.26. The van der Waals surface area contributed by atoms with Crippen molar-refractivity contribution in [2.45, 2.75) is 11.7 Å². The number of fused-ring (bicyclic) bond motifs is 1. The van der Waals surface area contributed by atoms with Crippen LogP contribution >= 0.6 is 0 Å². The zero-order valence-electron chi connectivity index (χ0n) is 11.0. The SMILES string of the molecule is O=S(=O)(Nc1cccc2ccccc12)c1ccc(CO)o1. The Morgan fingerprint density at radius 3 is 2.52 bits per heavy atom. The lowest BCUT2D eigenvalue weighted by Gasteiger charge is -2.09. The smallest absolute Gasteiger partial charge is 0.295 e. The van der Waals surface area contributed by atoms with Gasteiger partial charge in [0.25, 0.3) is 10.0 Å². The predicted molar refractivity (Wildman–Crippen MR) is 79.4 cm³/mol. The van der Waals surface area contributed by atoms with Crippen LogP contribution < -0.4 is 4.72 Å². The lowest BCUT2D eigenvalue weighted by atomic mass is 10.1. The standard InChI is InChI=1S/C15H13NO4S/c17-10-12-8-9-15(20-12)21(18,19)16-14-7-3-5-11-4-1-2-6-13(11)14/h1-9,16-17H,10H2. The Balaban J connectivity index is 2.01. The quantitative estimate of drug-likeness (QED) is 0.776. The first-order valence-corrected chi connectivity index (χ1v) is 7.78. The number of hydrogen-bond donors (Lipinski definition) is 2. The molecule has 2 aromatic carbocycles. The van der Waals surface area contributed by atoms with Gasteiger partial charge in [-0.15, -0.1) is 0 Å². The summed E-state index contributed by atoms with van der Waals surface area (Å²) in [5, 5.41) is 10.5. The molecule has 2 N–H and O–H groups in total. The number of anilines is 1. The third kappa shape index (κ3) is 2.63. The molecule has 0 saturated carbocycles.